The van der Waals surface area contributed by atoms with E-state index in [1.807, 2.05) is 78.9 Å². The molecule has 0 aromatic heterocycles. The van der Waals surface area contributed by atoms with E-state index in [4.69, 9.17) is 14.2 Å². The minimum atomic E-state index is -0.0322. The van der Waals surface area contributed by atoms with Crippen molar-refractivity contribution in [1.82, 2.24) is 4.90 Å². The number of fused-ring (bicyclic) bond motifs is 1. The molecule has 0 aliphatic carbocycles. The first-order valence-corrected chi connectivity index (χ1v) is 13.4. The van der Waals surface area contributed by atoms with Gasteiger partial charge in [0.2, 0.25) is 0 Å². The Kier molecular flexibility index (Phi) is 8.25. The smallest absolute Gasteiger partial charge is 0.194 e. The van der Waals surface area contributed by atoms with Crippen molar-refractivity contribution >= 4 is 16.6 Å². The Balaban J connectivity index is 1.39. The van der Waals surface area contributed by atoms with Crippen molar-refractivity contribution in [3.05, 3.63) is 90.0 Å². The Hall–Kier alpha value is -3.83. The van der Waals surface area contributed by atoms with Gasteiger partial charge in [0.15, 0.2) is 5.78 Å². The molecule has 196 valence electrons. The number of piperidine rings is 1. The molecule has 1 fully saturated rings. The minimum absolute atomic E-state index is 0.0322. The molecule has 1 aliphatic rings. The van der Waals surface area contributed by atoms with Gasteiger partial charge in [-0.25, -0.2) is 0 Å². The van der Waals surface area contributed by atoms with Crippen LogP contribution >= 0.6 is 0 Å². The number of methoxy groups -OCH3 is 2. The molecule has 0 N–H and O–H groups in total. The maximum atomic E-state index is 14.0. The molecule has 5 nitrogen and oxygen atoms in total. The van der Waals surface area contributed by atoms with Gasteiger partial charge in [-0.1, -0.05) is 30.7 Å². The van der Waals surface area contributed by atoms with Crippen LogP contribution in [0.2, 0.25) is 0 Å². The zero-order chi connectivity index (χ0) is 26.3. The second kappa shape index (κ2) is 12.1. The van der Waals surface area contributed by atoms with Gasteiger partial charge >= 0.3 is 0 Å². The topological polar surface area (TPSA) is 48.0 Å². The van der Waals surface area contributed by atoms with Gasteiger partial charge in [-0.15, -0.1) is 0 Å². The number of benzene rings is 4. The second-order valence-electron chi connectivity index (χ2n) is 9.76. The van der Waals surface area contributed by atoms with Crippen LogP contribution in [0.15, 0.2) is 78.9 Å². The number of carbonyl (C=O) groups excluding carboxylic acids is 1. The zero-order valence-corrected chi connectivity index (χ0v) is 22.2. The normalized spacial score (nSPS) is 13.8. The summed E-state index contributed by atoms with van der Waals surface area (Å²) in [5.74, 6) is 2.26. The van der Waals surface area contributed by atoms with Crippen LogP contribution in [0.1, 0.15) is 41.6 Å². The van der Waals surface area contributed by atoms with Gasteiger partial charge in [0.1, 0.15) is 17.2 Å². The van der Waals surface area contributed by atoms with Gasteiger partial charge in [-0.05, 0) is 109 Å². The summed E-state index contributed by atoms with van der Waals surface area (Å²) in [6, 6.07) is 25.2. The molecule has 4 aromatic carbocycles. The number of nitrogens with zero attached hydrogens (tertiary/aromatic N) is 1. The fraction of sp³-hybridized carbons (Fsp3) is 0.303. The van der Waals surface area contributed by atoms with Crippen LogP contribution in [0, 0.1) is 0 Å². The summed E-state index contributed by atoms with van der Waals surface area (Å²) in [7, 11) is 3.30. The summed E-state index contributed by atoms with van der Waals surface area (Å²) in [6.07, 6.45) is 4.97. The molecule has 5 heteroatoms. The third-order valence-corrected chi connectivity index (χ3v) is 7.29. The van der Waals surface area contributed by atoms with Gasteiger partial charge in [-0.2, -0.15) is 0 Å². The molecular weight excluding hydrogens is 474 g/mol. The van der Waals surface area contributed by atoms with E-state index < -0.39 is 0 Å². The fourth-order valence-corrected chi connectivity index (χ4v) is 5.22. The lowest BCUT2D eigenvalue weighted by Crippen LogP contribution is -2.31. The lowest BCUT2D eigenvalue weighted by Gasteiger charge is -2.26. The van der Waals surface area contributed by atoms with Crippen LogP contribution in [-0.4, -0.2) is 51.1 Å². The van der Waals surface area contributed by atoms with Crippen LogP contribution in [-0.2, 0) is 0 Å². The summed E-state index contributed by atoms with van der Waals surface area (Å²) < 4.78 is 16.9. The largest absolute Gasteiger partial charge is 0.497 e. The minimum Gasteiger partial charge on any atom is -0.497 e. The van der Waals surface area contributed by atoms with Gasteiger partial charge in [0.05, 0.1) is 20.8 Å². The Morgan fingerprint density at radius 2 is 1.53 bits per heavy atom. The molecule has 0 saturated carbocycles. The van der Waals surface area contributed by atoms with Crippen LogP contribution in [0.5, 0.6) is 17.2 Å². The SMILES string of the molecule is COc1cccc(-c2ccc3cc(OC)ccc3c2C(=O)c2ccc(OCCCN3CCCCC3)cc2)c1. The number of ketones is 1. The monoisotopic (exact) mass is 509 g/mol. The Bertz CT molecular complexity index is 1390. The highest BCUT2D eigenvalue weighted by atomic mass is 16.5. The summed E-state index contributed by atoms with van der Waals surface area (Å²) in [6.45, 7) is 4.16. The van der Waals surface area contributed by atoms with Crippen LogP contribution in [0.25, 0.3) is 21.9 Å². The van der Waals surface area contributed by atoms with Crippen LogP contribution < -0.4 is 14.2 Å². The second-order valence-corrected chi connectivity index (χ2v) is 9.76. The molecule has 4 aromatic rings. The number of carbonyl (C=O) groups is 1. The van der Waals surface area contributed by atoms with Crippen molar-refractivity contribution in [2.24, 2.45) is 0 Å². The fourth-order valence-electron chi connectivity index (χ4n) is 5.22. The van der Waals surface area contributed by atoms with Crippen molar-refractivity contribution in [1.29, 1.82) is 0 Å². The predicted molar refractivity (Wildman–Crippen MR) is 153 cm³/mol. The van der Waals surface area contributed by atoms with Gasteiger partial charge in [0.25, 0.3) is 0 Å². The Morgan fingerprint density at radius 3 is 2.29 bits per heavy atom. The molecule has 0 unspecified atom stereocenters. The summed E-state index contributed by atoms with van der Waals surface area (Å²) >= 11 is 0. The molecule has 0 amide bonds. The molecule has 0 radical (unpaired) electrons. The van der Waals surface area contributed by atoms with E-state index in [2.05, 4.69) is 4.90 Å². The highest BCUT2D eigenvalue weighted by molar-refractivity contribution is 6.20. The average Bonchev–Trinajstić information content (AvgIpc) is 2.99. The Labute approximate surface area is 224 Å². The van der Waals surface area contributed by atoms with Crippen molar-refractivity contribution in [3.8, 4) is 28.4 Å². The quantitative estimate of drug-likeness (QED) is 0.170. The maximum Gasteiger partial charge on any atom is 0.194 e. The molecule has 1 heterocycles. The summed E-state index contributed by atoms with van der Waals surface area (Å²) in [4.78, 5) is 16.5. The summed E-state index contributed by atoms with van der Waals surface area (Å²) in [5, 5.41) is 1.84. The van der Waals surface area contributed by atoms with Gasteiger partial charge < -0.3 is 19.1 Å². The number of hydrogen-bond acceptors (Lipinski definition) is 5. The molecule has 1 aliphatic heterocycles. The van der Waals surface area contributed by atoms with E-state index in [0.717, 1.165) is 52.1 Å². The molecule has 0 bridgehead atoms. The first-order valence-electron chi connectivity index (χ1n) is 13.4. The zero-order valence-electron chi connectivity index (χ0n) is 22.2. The lowest BCUT2D eigenvalue weighted by molar-refractivity contribution is 0.104. The van der Waals surface area contributed by atoms with Crippen LogP contribution in [0.3, 0.4) is 0 Å². The highest BCUT2D eigenvalue weighted by Crippen LogP contribution is 2.35. The van der Waals surface area contributed by atoms with E-state index in [9.17, 15) is 4.79 Å². The van der Waals surface area contributed by atoms with Crippen LogP contribution in [0.4, 0.5) is 0 Å². The van der Waals surface area contributed by atoms with Gasteiger partial charge in [0, 0.05) is 17.7 Å². The van der Waals surface area contributed by atoms with E-state index in [0.29, 0.717) is 17.7 Å². The van der Waals surface area contributed by atoms with Crippen molar-refractivity contribution < 1.29 is 19.0 Å². The van der Waals surface area contributed by atoms with E-state index in [-0.39, 0.29) is 5.78 Å². The molecule has 0 atom stereocenters. The molecular formula is C33H35NO4. The number of ether oxygens (including phenoxy) is 3. The van der Waals surface area contributed by atoms with Crippen molar-refractivity contribution in [2.75, 3.05) is 40.5 Å². The number of likely N-dealkylation sites (tertiary alicyclic amines) is 1. The van der Waals surface area contributed by atoms with Gasteiger partial charge in [-0.3, -0.25) is 4.79 Å². The van der Waals surface area contributed by atoms with Crippen molar-refractivity contribution in [3.63, 3.8) is 0 Å². The van der Waals surface area contributed by atoms with E-state index in [1.54, 1.807) is 14.2 Å². The number of rotatable bonds is 10. The molecule has 38 heavy (non-hydrogen) atoms. The van der Waals surface area contributed by atoms with Crippen molar-refractivity contribution in [2.45, 2.75) is 25.7 Å². The molecule has 0 spiro atoms. The third kappa shape index (κ3) is 5.84. The lowest BCUT2D eigenvalue weighted by atomic mass is 9.89. The molecule has 5 rings (SSSR count). The third-order valence-electron chi connectivity index (χ3n) is 7.29. The first kappa shape index (κ1) is 25.8. The molecule has 1 saturated heterocycles. The summed E-state index contributed by atoms with van der Waals surface area (Å²) in [5.41, 5.74) is 3.08. The standard InChI is InChI=1S/C33H35NO4/c1-36-28-9-6-8-25(22-28)30-16-12-26-23-29(37-2)15-17-31(26)32(30)33(35)24-10-13-27(14-11-24)38-21-7-20-34-18-4-3-5-19-34/h6,8-17,22-23H,3-5,7,18-21H2,1-2H3. The maximum absolute atomic E-state index is 14.0. The van der Waals surface area contributed by atoms with E-state index in [1.165, 1.54) is 32.4 Å². The highest BCUT2D eigenvalue weighted by Gasteiger charge is 2.19. The predicted octanol–water partition coefficient (Wildman–Crippen LogP) is 7.01. The Morgan fingerprint density at radius 1 is 0.789 bits per heavy atom. The average molecular weight is 510 g/mol. The number of hydrogen-bond donors (Lipinski definition) is 0. The van der Waals surface area contributed by atoms with E-state index >= 15 is 0 Å². The first-order chi connectivity index (χ1) is 18.7.